The number of nitrogens with one attached hydrogen (secondary N) is 1. The van der Waals surface area contributed by atoms with E-state index in [1.54, 1.807) is 6.33 Å². The van der Waals surface area contributed by atoms with E-state index in [0.29, 0.717) is 6.54 Å². The van der Waals surface area contributed by atoms with Gasteiger partial charge in [0.2, 0.25) is 0 Å². The molecule has 1 heterocycles. The third kappa shape index (κ3) is 1.69. The molecule has 0 saturated carbocycles. The molecule has 1 aliphatic rings. The molecule has 0 amide bonds. The van der Waals surface area contributed by atoms with Gasteiger partial charge in [-0.1, -0.05) is 5.92 Å². The highest BCUT2D eigenvalue weighted by molar-refractivity contribution is 5.48. The van der Waals surface area contributed by atoms with Crippen molar-refractivity contribution in [2.45, 2.75) is 26.2 Å². The number of nitrogens with zero attached hydrogens (tertiary/aromatic N) is 2. The monoisotopic (exact) mass is 187 g/mol. The van der Waals surface area contributed by atoms with Crippen LogP contribution in [0.5, 0.6) is 0 Å². The largest absolute Gasteiger partial charge is 0.359 e. The molecule has 1 aromatic heterocycles. The second kappa shape index (κ2) is 4.10. The second-order valence-corrected chi connectivity index (χ2v) is 3.28. The first kappa shape index (κ1) is 9.01. The molecule has 0 fully saturated rings. The minimum Gasteiger partial charge on any atom is -0.359 e. The summed E-state index contributed by atoms with van der Waals surface area (Å²) in [6.45, 7) is 2.51. The highest BCUT2D eigenvalue weighted by Crippen LogP contribution is 2.24. The lowest BCUT2D eigenvalue weighted by Crippen LogP contribution is -2.05. The third-order valence-corrected chi connectivity index (χ3v) is 2.40. The zero-order valence-corrected chi connectivity index (χ0v) is 8.30. The smallest absolute Gasteiger partial charge is 0.133 e. The maximum atomic E-state index is 4.26. The van der Waals surface area contributed by atoms with E-state index in [1.165, 1.54) is 17.7 Å². The molecule has 0 radical (unpaired) electrons. The lowest BCUT2D eigenvalue weighted by Gasteiger charge is -2.06. The molecule has 1 N–H and O–H groups in total. The van der Waals surface area contributed by atoms with Gasteiger partial charge in [-0.3, -0.25) is 0 Å². The molecule has 1 aliphatic carbocycles. The van der Waals surface area contributed by atoms with Gasteiger partial charge in [0, 0.05) is 11.3 Å². The minimum atomic E-state index is 0.667. The van der Waals surface area contributed by atoms with Crippen LogP contribution in [0.2, 0.25) is 0 Å². The van der Waals surface area contributed by atoms with Crippen molar-refractivity contribution in [3.05, 3.63) is 17.6 Å². The summed E-state index contributed by atoms with van der Waals surface area (Å²) in [6.07, 6.45) is 5.01. The first-order valence-corrected chi connectivity index (χ1v) is 4.88. The molecule has 14 heavy (non-hydrogen) atoms. The van der Waals surface area contributed by atoms with Crippen LogP contribution in [0.3, 0.4) is 0 Å². The number of hydrogen-bond acceptors (Lipinski definition) is 3. The average Bonchev–Trinajstić information content (AvgIpc) is 2.67. The highest BCUT2D eigenvalue weighted by atomic mass is 15.0. The molecule has 0 spiro atoms. The van der Waals surface area contributed by atoms with Gasteiger partial charge in [0.05, 0.1) is 6.54 Å². The Hall–Kier alpha value is -1.56. The summed E-state index contributed by atoms with van der Waals surface area (Å²) in [5.41, 5.74) is 2.48. The first-order valence-electron chi connectivity index (χ1n) is 4.88. The normalized spacial score (nSPS) is 12.9. The summed E-state index contributed by atoms with van der Waals surface area (Å²) < 4.78 is 0. The van der Waals surface area contributed by atoms with E-state index in [1.807, 2.05) is 6.92 Å². The predicted octanol–water partition coefficient (Wildman–Crippen LogP) is 1.40. The molecule has 3 nitrogen and oxygen atoms in total. The van der Waals surface area contributed by atoms with Crippen LogP contribution >= 0.6 is 0 Å². The molecule has 0 saturated heterocycles. The van der Waals surface area contributed by atoms with Crippen molar-refractivity contribution in [3.63, 3.8) is 0 Å². The highest BCUT2D eigenvalue weighted by Gasteiger charge is 2.16. The van der Waals surface area contributed by atoms with E-state index >= 15 is 0 Å². The topological polar surface area (TPSA) is 37.8 Å². The van der Waals surface area contributed by atoms with Gasteiger partial charge in [-0.25, -0.2) is 9.97 Å². The van der Waals surface area contributed by atoms with Crippen molar-refractivity contribution in [3.8, 4) is 11.8 Å². The Morgan fingerprint density at radius 3 is 3.21 bits per heavy atom. The van der Waals surface area contributed by atoms with Crippen LogP contribution in [-0.4, -0.2) is 16.5 Å². The van der Waals surface area contributed by atoms with Crippen LogP contribution in [0.1, 0.15) is 24.6 Å². The molecule has 1 aromatic rings. The Morgan fingerprint density at radius 2 is 2.36 bits per heavy atom. The summed E-state index contributed by atoms with van der Waals surface area (Å²) in [4.78, 5) is 8.49. The van der Waals surface area contributed by atoms with Gasteiger partial charge in [0.1, 0.15) is 12.1 Å². The molecular weight excluding hydrogens is 174 g/mol. The number of hydrogen-bond donors (Lipinski definition) is 1. The van der Waals surface area contributed by atoms with Crippen LogP contribution in [0, 0.1) is 11.8 Å². The van der Waals surface area contributed by atoms with Crippen LogP contribution < -0.4 is 5.32 Å². The second-order valence-electron chi connectivity index (χ2n) is 3.28. The fraction of sp³-hybridized carbons (Fsp3) is 0.455. The number of aryl methyl sites for hydroxylation is 1. The molecule has 72 valence electrons. The molecule has 2 rings (SSSR count). The van der Waals surface area contributed by atoms with Gasteiger partial charge in [-0.15, -0.1) is 5.92 Å². The fourth-order valence-corrected chi connectivity index (χ4v) is 1.73. The predicted molar refractivity (Wildman–Crippen MR) is 56.0 cm³/mol. The van der Waals surface area contributed by atoms with E-state index < -0.39 is 0 Å². The van der Waals surface area contributed by atoms with Crippen molar-refractivity contribution in [1.29, 1.82) is 0 Å². The van der Waals surface area contributed by atoms with Gasteiger partial charge >= 0.3 is 0 Å². The molecular formula is C11H13N3. The minimum absolute atomic E-state index is 0.667. The Morgan fingerprint density at radius 1 is 1.43 bits per heavy atom. The molecule has 0 atom stereocenters. The van der Waals surface area contributed by atoms with Crippen molar-refractivity contribution in [2.75, 3.05) is 11.9 Å². The lowest BCUT2D eigenvalue weighted by molar-refractivity contribution is 0.899. The Bertz CT molecular complexity index is 387. The van der Waals surface area contributed by atoms with Gasteiger partial charge in [0.25, 0.3) is 0 Å². The Labute approximate surface area is 84.0 Å². The van der Waals surface area contributed by atoms with Crippen molar-refractivity contribution in [2.24, 2.45) is 0 Å². The molecule has 0 aromatic carbocycles. The number of fused-ring (bicyclic) bond motifs is 1. The van der Waals surface area contributed by atoms with Crippen LogP contribution in [-0.2, 0) is 12.8 Å². The van der Waals surface area contributed by atoms with Crippen molar-refractivity contribution < 1.29 is 0 Å². The number of rotatable bonds is 2. The summed E-state index contributed by atoms with van der Waals surface area (Å²) in [6, 6.07) is 0. The zero-order chi connectivity index (χ0) is 9.80. The summed E-state index contributed by atoms with van der Waals surface area (Å²) in [5.74, 6) is 6.78. The van der Waals surface area contributed by atoms with Crippen LogP contribution in [0.15, 0.2) is 6.33 Å². The van der Waals surface area contributed by atoms with Crippen molar-refractivity contribution >= 4 is 5.82 Å². The van der Waals surface area contributed by atoms with E-state index in [0.717, 1.165) is 18.7 Å². The lowest BCUT2D eigenvalue weighted by atomic mass is 10.2. The molecule has 0 unspecified atom stereocenters. The zero-order valence-electron chi connectivity index (χ0n) is 8.30. The van der Waals surface area contributed by atoms with Crippen LogP contribution in [0.25, 0.3) is 0 Å². The summed E-state index contributed by atoms with van der Waals surface area (Å²) in [7, 11) is 0. The van der Waals surface area contributed by atoms with Gasteiger partial charge in [0.15, 0.2) is 0 Å². The quantitative estimate of drug-likeness (QED) is 0.711. The summed E-state index contributed by atoms with van der Waals surface area (Å²) in [5, 5.41) is 3.22. The molecule has 3 heteroatoms. The standard InChI is InChI=1S/C11H13N3/c1-2-3-7-12-11-9-5-4-6-10(9)13-8-14-11/h8H,4-7H2,1H3,(H,12,13,14). The Kier molecular flexibility index (Phi) is 2.64. The van der Waals surface area contributed by atoms with E-state index in [-0.39, 0.29) is 0 Å². The van der Waals surface area contributed by atoms with E-state index in [4.69, 9.17) is 0 Å². The molecule has 0 bridgehead atoms. The average molecular weight is 187 g/mol. The first-order chi connectivity index (χ1) is 6.92. The van der Waals surface area contributed by atoms with E-state index in [9.17, 15) is 0 Å². The molecule has 0 aliphatic heterocycles. The SMILES string of the molecule is CC#CCNc1ncnc2c1CCC2. The van der Waals surface area contributed by atoms with Gasteiger partial charge in [-0.2, -0.15) is 0 Å². The number of anilines is 1. The van der Waals surface area contributed by atoms with Gasteiger partial charge in [-0.05, 0) is 26.2 Å². The maximum absolute atomic E-state index is 4.26. The number of aromatic nitrogens is 2. The van der Waals surface area contributed by atoms with Crippen molar-refractivity contribution in [1.82, 2.24) is 9.97 Å². The maximum Gasteiger partial charge on any atom is 0.133 e. The summed E-state index contributed by atoms with van der Waals surface area (Å²) >= 11 is 0. The third-order valence-electron chi connectivity index (χ3n) is 2.40. The van der Waals surface area contributed by atoms with Gasteiger partial charge < -0.3 is 5.32 Å². The Balaban J connectivity index is 2.16. The van der Waals surface area contributed by atoms with E-state index in [2.05, 4.69) is 27.1 Å². The fourth-order valence-electron chi connectivity index (χ4n) is 1.73. The van der Waals surface area contributed by atoms with Crippen LogP contribution in [0.4, 0.5) is 5.82 Å².